The molecule has 0 amide bonds. The zero-order valence-corrected chi connectivity index (χ0v) is 9.99. The minimum atomic E-state index is -4.91. The number of carbonyl (C=O) groups excluding carboxylic acids is 1. The highest BCUT2D eigenvalue weighted by atomic mass is 32.3. The first kappa shape index (κ1) is 14.5. The summed E-state index contributed by atoms with van der Waals surface area (Å²) in [4.78, 5) is 11.2. The second kappa shape index (κ2) is 5.87. The van der Waals surface area contributed by atoms with Crippen LogP contribution in [0.15, 0.2) is 24.3 Å². The molecule has 0 radical (unpaired) electrons. The summed E-state index contributed by atoms with van der Waals surface area (Å²) < 4.78 is 49.7. The number of carbonyl (C=O) groups is 1. The largest absolute Gasteiger partial charge is 0.445 e. The van der Waals surface area contributed by atoms with Crippen molar-refractivity contribution in [2.24, 2.45) is 5.73 Å². The van der Waals surface area contributed by atoms with E-state index in [1.54, 1.807) is 6.07 Å². The maximum absolute atomic E-state index is 13.2. The summed E-state index contributed by atoms with van der Waals surface area (Å²) in [6.07, 6.45) is -0.169. The molecule has 0 aliphatic heterocycles. The predicted molar refractivity (Wildman–Crippen MR) is 59.1 cm³/mol. The number of esters is 1. The van der Waals surface area contributed by atoms with E-state index in [0.29, 0.717) is 0 Å². The van der Waals surface area contributed by atoms with E-state index in [1.807, 2.05) is 0 Å². The molecule has 1 atom stereocenters. The Bertz CT molecular complexity index is 532. The maximum atomic E-state index is 13.2. The Balaban J connectivity index is 2.58. The molecule has 1 rings (SSSR count). The van der Waals surface area contributed by atoms with Gasteiger partial charge in [-0.2, -0.15) is 8.42 Å². The molecule has 0 heterocycles. The number of rotatable bonds is 5. The molecule has 18 heavy (non-hydrogen) atoms. The monoisotopic (exact) mass is 279 g/mol. The predicted octanol–water partition coefficient (Wildman–Crippen LogP) is 0.496. The third-order valence-corrected chi connectivity index (χ3v) is 2.44. The van der Waals surface area contributed by atoms with E-state index in [1.165, 1.54) is 18.2 Å². The van der Waals surface area contributed by atoms with Gasteiger partial charge in [0.1, 0.15) is 11.9 Å². The molecular weight excluding hydrogens is 268 g/mol. The molecule has 0 aliphatic carbocycles. The highest BCUT2D eigenvalue weighted by molar-refractivity contribution is 7.86. The molecule has 5 nitrogen and oxygen atoms in total. The van der Waals surface area contributed by atoms with Crippen LogP contribution in [0.2, 0.25) is 0 Å². The van der Waals surface area contributed by atoms with Gasteiger partial charge in [-0.05, 0) is 11.6 Å². The Morgan fingerprint density at radius 2 is 2.00 bits per heavy atom. The molecule has 0 spiro atoms. The normalized spacial score (nSPS) is 13.1. The molecule has 0 aliphatic rings. The lowest BCUT2D eigenvalue weighted by Crippen LogP contribution is -2.35. The summed E-state index contributed by atoms with van der Waals surface area (Å²) in [5.74, 6) is -3.05. The van der Waals surface area contributed by atoms with E-state index in [9.17, 15) is 21.5 Å². The third kappa shape index (κ3) is 4.76. The lowest BCUT2D eigenvalue weighted by atomic mass is 10.1. The lowest BCUT2D eigenvalue weighted by molar-refractivity contribution is -0.143. The molecule has 1 aromatic rings. The van der Waals surface area contributed by atoms with Crippen LogP contribution in [0.3, 0.4) is 0 Å². The van der Waals surface area contributed by atoms with E-state index in [0.717, 1.165) is 0 Å². The van der Waals surface area contributed by atoms with Gasteiger partial charge in [0.25, 0.3) is 0 Å². The number of benzene rings is 1. The van der Waals surface area contributed by atoms with Crippen molar-refractivity contribution in [3.8, 4) is 0 Å². The molecule has 2 N–H and O–H groups in total. The SMILES string of the molecule is NC(Cc1ccccc1F)C(=O)OCS(=O)(=O)F. The molecule has 0 fully saturated rings. The van der Waals surface area contributed by atoms with E-state index in [4.69, 9.17) is 5.73 Å². The number of nitrogens with two attached hydrogens (primary N) is 1. The van der Waals surface area contributed by atoms with Crippen LogP contribution in [-0.4, -0.2) is 26.4 Å². The smallest absolute Gasteiger partial charge is 0.338 e. The Morgan fingerprint density at radius 3 is 2.56 bits per heavy atom. The van der Waals surface area contributed by atoms with E-state index in [-0.39, 0.29) is 12.0 Å². The quantitative estimate of drug-likeness (QED) is 0.626. The first-order chi connectivity index (χ1) is 8.29. The Hall–Kier alpha value is -1.54. The van der Waals surface area contributed by atoms with E-state index in [2.05, 4.69) is 4.74 Å². The standard InChI is InChI=1S/C10H11F2NO4S/c11-8-4-2-1-3-7(8)5-9(13)10(14)17-6-18(12,15)16/h1-4,9H,5-6,13H2. The number of hydrogen-bond donors (Lipinski definition) is 1. The summed E-state index contributed by atoms with van der Waals surface area (Å²) in [6, 6.07) is 4.39. The first-order valence-electron chi connectivity index (χ1n) is 4.87. The van der Waals surface area contributed by atoms with E-state index >= 15 is 0 Å². The Kier molecular flexibility index (Phi) is 4.74. The van der Waals surface area contributed by atoms with Crippen molar-refractivity contribution in [1.82, 2.24) is 0 Å². The van der Waals surface area contributed by atoms with Crippen LogP contribution < -0.4 is 5.73 Å². The maximum Gasteiger partial charge on any atom is 0.338 e. The number of hydrogen-bond acceptors (Lipinski definition) is 5. The van der Waals surface area contributed by atoms with Crippen molar-refractivity contribution in [3.05, 3.63) is 35.6 Å². The van der Waals surface area contributed by atoms with Crippen LogP contribution in [0.1, 0.15) is 5.56 Å². The fourth-order valence-electron chi connectivity index (χ4n) is 1.22. The van der Waals surface area contributed by atoms with Crippen LogP contribution in [0.25, 0.3) is 0 Å². The van der Waals surface area contributed by atoms with Crippen molar-refractivity contribution < 1.29 is 26.2 Å². The van der Waals surface area contributed by atoms with Gasteiger partial charge < -0.3 is 10.5 Å². The number of halogens is 2. The fraction of sp³-hybridized carbons (Fsp3) is 0.300. The van der Waals surface area contributed by atoms with Crippen molar-refractivity contribution in [3.63, 3.8) is 0 Å². The Morgan fingerprint density at radius 1 is 1.39 bits per heavy atom. The van der Waals surface area contributed by atoms with Crippen LogP contribution in [0.4, 0.5) is 8.28 Å². The van der Waals surface area contributed by atoms with Crippen LogP contribution >= 0.6 is 0 Å². The first-order valence-corrected chi connectivity index (χ1v) is 6.43. The molecule has 0 aromatic heterocycles. The molecule has 8 heteroatoms. The van der Waals surface area contributed by atoms with Crippen LogP contribution in [-0.2, 0) is 26.2 Å². The van der Waals surface area contributed by atoms with E-state index < -0.39 is 34.0 Å². The molecule has 0 bridgehead atoms. The summed E-state index contributed by atoms with van der Waals surface area (Å²) >= 11 is 0. The van der Waals surface area contributed by atoms with Gasteiger partial charge in [-0.3, -0.25) is 4.79 Å². The lowest BCUT2D eigenvalue weighted by Gasteiger charge is -2.10. The van der Waals surface area contributed by atoms with Gasteiger partial charge in [-0.1, -0.05) is 18.2 Å². The number of ether oxygens (including phenoxy) is 1. The third-order valence-electron chi connectivity index (χ3n) is 2.04. The summed E-state index contributed by atoms with van der Waals surface area (Å²) in [7, 11) is -4.91. The van der Waals surface area contributed by atoms with Crippen LogP contribution in [0.5, 0.6) is 0 Å². The van der Waals surface area contributed by atoms with Gasteiger partial charge in [0, 0.05) is 6.42 Å². The summed E-state index contributed by atoms with van der Waals surface area (Å²) in [5.41, 5.74) is 5.57. The highest BCUT2D eigenvalue weighted by Gasteiger charge is 2.20. The van der Waals surface area contributed by atoms with Crippen molar-refractivity contribution >= 4 is 16.2 Å². The summed E-state index contributed by atoms with van der Waals surface area (Å²) in [5, 5.41) is 0. The average Bonchev–Trinajstić information content (AvgIpc) is 2.28. The van der Waals surface area contributed by atoms with Gasteiger partial charge >= 0.3 is 16.2 Å². The molecule has 100 valence electrons. The van der Waals surface area contributed by atoms with Crippen LogP contribution in [0, 0.1) is 5.82 Å². The highest BCUT2D eigenvalue weighted by Crippen LogP contribution is 2.09. The summed E-state index contributed by atoms with van der Waals surface area (Å²) in [6.45, 7) is 0. The molecular formula is C10H11F2NO4S. The molecule has 1 unspecified atom stereocenters. The second-order valence-electron chi connectivity index (χ2n) is 3.52. The van der Waals surface area contributed by atoms with Crippen molar-refractivity contribution in [2.45, 2.75) is 12.5 Å². The minimum absolute atomic E-state index is 0.169. The average molecular weight is 279 g/mol. The zero-order valence-electron chi connectivity index (χ0n) is 9.18. The van der Waals surface area contributed by atoms with Crippen molar-refractivity contribution in [1.29, 1.82) is 0 Å². The van der Waals surface area contributed by atoms with Gasteiger partial charge in [0.2, 0.25) is 5.94 Å². The Labute approximate surface area is 103 Å². The zero-order chi connectivity index (χ0) is 13.8. The second-order valence-corrected chi connectivity index (χ2v) is 4.84. The van der Waals surface area contributed by atoms with Gasteiger partial charge in [-0.15, -0.1) is 3.89 Å². The van der Waals surface area contributed by atoms with Gasteiger partial charge in [0.05, 0.1) is 0 Å². The molecule has 0 saturated carbocycles. The van der Waals surface area contributed by atoms with Gasteiger partial charge in [0.15, 0.2) is 0 Å². The minimum Gasteiger partial charge on any atom is -0.445 e. The molecule has 0 saturated heterocycles. The topological polar surface area (TPSA) is 86.5 Å². The fourth-order valence-corrected chi connectivity index (χ4v) is 1.48. The molecule has 1 aromatic carbocycles. The van der Waals surface area contributed by atoms with Crippen molar-refractivity contribution in [2.75, 3.05) is 5.94 Å². The van der Waals surface area contributed by atoms with Gasteiger partial charge in [-0.25, -0.2) is 4.39 Å².